The van der Waals surface area contributed by atoms with Crippen LogP contribution in [0.3, 0.4) is 0 Å². The van der Waals surface area contributed by atoms with Crippen LogP contribution < -0.4 is 19.1 Å². The van der Waals surface area contributed by atoms with Crippen molar-refractivity contribution in [3.8, 4) is 23.2 Å². The number of carbonyl (C=O) groups excluding carboxylic acids is 1. The molecule has 0 bridgehead atoms. The van der Waals surface area contributed by atoms with E-state index in [-0.39, 0.29) is 11.7 Å². The molecule has 1 aromatic heterocycles. The molecule has 2 heterocycles. The third-order valence-corrected chi connectivity index (χ3v) is 6.15. The van der Waals surface area contributed by atoms with E-state index in [0.717, 1.165) is 28.5 Å². The molecule has 3 aromatic rings. The van der Waals surface area contributed by atoms with E-state index in [1.807, 2.05) is 37.3 Å². The molecule has 1 aliphatic rings. The number of piperazine rings is 1. The highest BCUT2D eigenvalue weighted by Gasteiger charge is 2.25. The molecule has 0 N–H and O–H groups in total. The quantitative estimate of drug-likeness (QED) is 0.461. The van der Waals surface area contributed by atoms with Crippen LogP contribution in [0.2, 0.25) is 0 Å². The molecule has 0 aliphatic carbocycles. The standard InChI is InChI=1S/C27H32N2O5/c1-18(2)20-7-6-19(3)25(14-20)34-26-9-8-24(33-26)27(30)29-12-10-28(11-13-29)21-15-22(31-4)17-23(16-21)32-5/h6-9,14-18H,10-13H2,1-5H3. The van der Waals surface area contributed by atoms with E-state index >= 15 is 0 Å². The highest BCUT2D eigenvalue weighted by molar-refractivity contribution is 5.91. The fourth-order valence-electron chi connectivity index (χ4n) is 3.98. The third-order valence-electron chi connectivity index (χ3n) is 6.15. The van der Waals surface area contributed by atoms with Crippen molar-refractivity contribution in [2.24, 2.45) is 0 Å². The van der Waals surface area contributed by atoms with Gasteiger partial charge in [0.05, 0.1) is 14.2 Å². The van der Waals surface area contributed by atoms with E-state index in [0.29, 0.717) is 38.0 Å². The minimum atomic E-state index is -0.134. The first-order valence-corrected chi connectivity index (χ1v) is 11.5. The fourth-order valence-corrected chi connectivity index (χ4v) is 3.98. The highest BCUT2D eigenvalue weighted by Crippen LogP contribution is 2.31. The summed E-state index contributed by atoms with van der Waals surface area (Å²) in [4.78, 5) is 17.1. The molecule has 1 aliphatic heterocycles. The maximum atomic E-state index is 13.0. The van der Waals surface area contributed by atoms with Crippen LogP contribution >= 0.6 is 0 Å². The van der Waals surface area contributed by atoms with Gasteiger partial charge in [-0.15, -0.1) is 0 Å². The highest BCUT2D eigenvalue weighted by atomic mass is 16.6. The Labute approximate surface area is 200 Å². The van der Waals surface area contributed by atoms with Crippen molar-refractivity contribution in [2.75, 3.05) is 45.3 Å². The SMILES string of the molecule is COc1cc(OC)cc(N2CCN(C(=O)c3ccc(Oc4cc(C(C)C)ccc4C)o3)CC2)c1. The summed E-state index contributed by atoms with van der Waals surface area (Å²) < 4.78 is 22.5. The number of ether oxygens (including phenoxy) is 3. The van der Waals surface area contributed by atoms with E-state index < -0.39 is 0 Å². The fraction of sp³-hybridized carbons (Fsp3) is 0.370. The molecule has 7 nitrogen and oxygen atoms in total. The number of anilines is 1. The number of hydrogen-bond donors (Lipinski definition) is 0. The molecule has 1 fully saturated rings. The number of carbonyl (C=O) groups is 1. The van der Waals surface area contributed by atoms with Crippen LogP contribution in [0.1, 0.15) is 41.4 Å². The van der Waals surface area contributed by atoms with E-state index in [1.165, 1.54) is 5.56 Å². The predicted molar refractivity (Wildman–Crippen MR) is 132 cm³/mol. The molecule has 0 unspecified atom stereocenters. The zero-order valence-electron chi connectivity index (χ0n) is 20.5. The molecule has 0 spiro atoms. The molecule has 1 amide bonds. The Hall–Kier alpha value is -3.61. The van der Waals surface area contributed by atoms with Gasteiger partial charge in [0.25, 0.3) is 11.9 Å². The van der Waals surface area contributed by atoms with Crippen LogP contribution in [-0.2, 0) is 0 Å². The van der Waals surface area contributed by atoms with Crippen LogP contribution in [-0.4, -0.2) is 51.2 Å². The van der Waals surface area contributed by atoms with Crippen LogP contribution in [0.4, 0.5) is 5.69 Å². The number of aryl methyl sites for hydroxylation is 1. The lowest BCUT2D eigenvalue weighted by molar-refractivity contribution is 0.0709. The maximum absolute atomic E-state index is 13.0. The Morgan fingerprint density at radius 3 is 2.21 bits per heavy atom. The number of furan rings is 1. The molecule has 180 valence electrons. The molecule has 4 rings (SSSR count). The second kappa shape index (κ2) is 10.1. The predicted octanol–water partition coefficient (Wildman–Crippen LogP) is 5.48. The van der Waals surface area contributed by atoms with Gasteiger partial charge in [-0.05, 0) is 36.1 Å². The number of amides is 1. The van der Waals surface area contributed by atoms with E-state index in [2.05, 4.69) is 24.8 Å². The van der Waals surface area contributed by atoms with Crippen molar-refractivity contribution in [1.82, 2.24) is 4.90 Å². The topological polar surface area (TPSA) is 64.4 Å². The second-order valence-corrected chi connectivity index (χ2v) is 8.75. The van der Waals surface area contributed by atoms with Crippen molar-refractivity contribution in [1.29, 1.82) is 0 Å². The van der Waals surface area contributed by atoms with Gasteiger partial charge in [-0.2, -0.15) is 0 Å². The average Bonchev–Trinajstić information content (AvgIpc) is 3.33. The molecular weight excluding hydrogens is 432 g/mol. The summed E-state index contributed by atoms with van der Waals surface area (Å²) in [6, 6.07) is 15.4. The number of rotatable bonds is 7. The summed E-state index contributed by atoms with van der Waals surface area (Å²) in [6.07, 6.45) is 0. The van der Waals surface area contributed by atoms with Gasteiger partial charge in [0.1, 0.15) is 17.2 Å². The van der Waals surface area contributed by atoms with Crippen molar-refractivity contribution >= 4 is 11.6 Å². The van der Waals surface area contributed by atoms with Gasteiger partial charge in [0, 0.05) is 56.1 Å². The summed E-state index contributed by atoms with van der Waals surface area (Å²) in [7, 11) is 3.28. The smallest absolute Gasteiger partial charge is 0.290 e. The zero-order chi connectivity index (χ0) is 24.2. The molecule has 0 radical (unpaired) electrons. The van der Waals surface area contributed by atoms with Gasteiger partial charge >= 0.3 is 0 Å². The second-order valence-electron chi connectivity index (χ2n) is 8.75. The summed E-state index contributed by atoms with van der Waals surface area (Å²) >= 11 is 0. The summed E-state index contributed by atoms with van der Waals surface area (Å²) in [6.45, 7) is 8.85. The van der Waals surface area contributed by atoms with Crippen LogP contribution in [0.5, 0.6) is 23.2 Å². The van der Waals surface area contributed by atoms with Gasteiger partial charge in [-0.3, -0.25) is 4.79 Å². The average molecular weight is 465 g/mol. The maximum Gasteiger partial charge on any atom is 0.290 e. The molecule has 34 heavy (non-hydrogen) atoms. The van der Waals surface area contributed by atoms with Crippen LogP contribution in [0.15, 0.2) is 52.9 Å². The Kier molecular flexibility index (Phi) is 7.01. The lowest BCUT2D eigenvalue weighted by atomic mass is 10.0. The van der Waals surface area contributed by atoms with Gasteiger partial charge < -0.3 is 28.4 Å². The number of nitrogens with zero attached hydrogens (tertiary/aromatic N) is 2. The van der Waals surface area contributed by atoms with E-state index in [1.54, 1.807) is 31.3 Å². The Morgan fingerprint density at radius 1 is 0.912 bits per heavy atom. The van der Waals surface area contributed by atoms with Crippen molar-refractivity contribution < 1.29 is 23.4 Å². The first-order valence-electron chi connectivity index (χ1n) is 11.5. The number of methoxy groups -OCH3 is 2. The van der Waals surface area contributed by atoms with Gasteiger partial charge in [0.2, 0.25) is 0 Å². The lowest BCUT2D eigenvalue weighted by Crippen LogP contribution is -2.48. The third kappa shape index (κ3) is 5.14. The monoisotopic (exact) mass is 464 g/mol. The molecule has 2 aromatic carbocycles. The zero-order valence-corrected chi connectivity index (χ0v) is 20.5. The normalized spacial score (nSPS) is 13.8. The number of benzene rings is 2. The summed E-state index contributed by atoms with van der Waals surface area (Å²) in [5, 5.41) is 0. The van der Waals surface area contributed by atoms with E-state index in [4.69, 9.17) is 18.6 Å². The van der Waals surface area contributed by atoms with Gasteiger partial charge in [-0.1, -0.05) is 26.0 Å². The first-order chi connectivity index (χ1) is 16.4. The molecule has 7 heteroatoms. The van der Waals surface area contributed by atoms with Gasteiger partial charge in [-0.25, -0.2) is 0 Å². The van der Waals surface area contributed by atoms with Gasteiger partial charge in [0.15, 0.2) is 5.76 Å². The molecule has 0 atom stereocenters. The molecular formula is C27H32N2O5. The minimum Gasteiger partial charge on any atom is -0.497 e. The van der Waals surface area contributed by atoms with Crippen molar-refractivity contribution in [3.63, 3.8) is 0 Å². The molecule has 1 saturated heterocycles. The van der Waals surface area contributed by atoms with Crippen LogP contribution in [0, 0.1) is 6.92 Å². The first kappa shape index (κ1) is 23.5. The largest absolute Gasteiger partial charge is 0.497 e. The van der Waals surface area contributed by atoms with Crippen LogP contribution in [0.25, 0.3) is 0 Å². The van der Waals surface area contributed by atoms with Crippen molar-refractivity contribution in [3.05, 3.63) is 65.4 Å². The molecule has 0 saturated carbocycles. The minimum absolute atomic E-state index is 0.134. The summed E-state index contributed by atoms with van der Waals surface area (Å²) in [5.74, 6) is 3.08. The summed E-state index contributed by atoms with van der Waals surface area (Å²) in [5.41, 5.74) is 3.21. The lowest BCUT2D eigenvalue weighted by Gasteiger charge is -2.36. The Morgan fingerprint density at radius 2 is 1.59 bits per heavy atom. The van der Waals surface area contributed by atoms with E-state index in [9.17, 15) is 4.79 Å². The van der Waals surface area contributed by atoms with Crippen molar-refractivity contribution in [2.45, 2.75) is 26.7 Å². The Balaban J connectivity index is 1.40. The number of hydrogen-bond acceptors (Lipinski definition) is 6. The Bertz CT molecular complexity index is 1120.